The molecule has 0 saturated carbocycles. The van der Waals surface area contributed by atoms with Crippen molar-refractivity contribution in [3.8, 4) is 5.75 Å². The fourth-order valence-electron chi connectivity index (χ4n) is 3.60. The fourth-order valence-corrected chi connectivity index (χ4v) is 3.60. The number of aromatic nitrogens is 2. The van der Waals surface area contributed by atoms with E-state index in [4.69, 9.17) is 9.72 Å². The molecule has 0 saturated heterocycles. The summed E-state index contributed by atoms with van der Waals surface area (Å²) in [6.45, 7) is 6.74. The van der Waals surface area contributed by atoms with Crippen molar-refractivity contribution in [1.29, 1.82) is 0 Å². The van der Waals surface area contributed by atoms with Crippen molar-refractivity contribution in [2.24, 2.45) is 0 Å². The lowest BCUT2D eigenvalue weighted by atomic mass is 9.86. The first kappa shape index (κ1) is 20.0. The Kier molecular flexibility index (Phi) is 5.49. The molecule has 0 bridgehead atoms. The number of aryl methyl sites for hydroxylation is 2. The maximum atomic E-state index is 5.27. The second-order valence-corrected chi connectivity index (χ2v) is 8.64. The van der Waals surface area contributed by atoms with Crippen LogP contribution in [0.15, 0.2) is 72.9 Å². The summed E-state index contributed by atoms with van der Waals surface area (Å²) in [5, 5.41) is 3.56. The van der Waals surface area contributed by atoms with E-state index in [-0.39, 0.29) is 5.41 Å². The van der Waals surface area contributed by atoms with E-state index in [0.29, 0.717) is 0 Å². The molecule has 1 N–H and O–H groups in total. The molecular weight excluding hydrogens is 370 g/mol. The Bertz CT molecular complexity index is 1120. The van der Waals surface area contributed by atoms with Gasteiger partial charge in [0.15, 0.2) is 0 Å². The molecule has 2 aromatic carbocycles. The van der Waals surface area contributed by atoms with Gasteiger partial charge in [-0.05, 0) is 65.8 Å². The minimum Gasteiger partial charge on any atom is -0.497 e. The number of benzene rings is 2. The van der Waals surface area contributed by atoms with Crippen LogP contribution >= 0.6 is 0 Å². The number of ether oxygens (including phenoxy) is 1. The molecule has 4 rings (SSSR count). The summed E-state index contributed by atoms with van der Waals surface area (Å²) in [5.74, 6) is 1.86. The van der Waals surface area contributed by atoms with Crippen molar-refractivity contribution in [3.05, 3.63) is 89.7 Å². The summed E-state index contributed by atoms with van der Waals surface area (Å²) >= 11 is 0. The first-order valence-electron chi connectivity index (χ1n) is 10.4. The van der Waals surface area contributed by atoms with E-state index in [0.717, 1.165) is 41.4 Å². The van der Waals surface area contributed by atoms with Crippen LogP contribution in [0.4, 0.5) is 11.5 Å². The molecule has 4 aromatic rings. The number of fused-ring (bicyclic) bond motifs is 1. The Morgan fingerprint density at radius 2 is 1.63 bits per heavy atom. The summed E-state index contributed by atoms with van der Waals surface area (Å²) in [4.78, 5) is 4.89. The fraction of sp³-hybridized carbons (Fsp3) is 0.269. The van der Waals surface area contributed by atoms with Gasteiger partial charge < -0.3 is 10.1 Å². The summed E-state index contributed by atoms with van der Waals surface area (Å²) in [6.07, 6.45) is 3.87. The summed E-state index contributed by atoms with van der Waals surface area (Å²) < 4.78 is 7.38. The maximum Gasteiger partial charge on any atom is 0.138 e. The minimum absolute atomic E-state index is 0.176. The average molecular weight is 400 g/mol. The highest BCUT2D eigenvalue weighted by Gasteiger charge is 2.14. The number of pyridine rings is 1. The zero-order chi connectivity index (χ0) is 21.1. The second kappa shape index (κ2) is 8.23. The number of nitrogens with one attached hydrogen (secondary N) is 1. The number of methoxy groups -OCH3 is 1. The Morgan fingerprint density at radius 1 is 0.900 bits per heavy atom. The van der Waals surface area contributed by atoms with E-state index in [9.17, 15) is 0 Å². The van der Waals surface area contributed by atoms with Crippen LogP contribution in [0.5, 0.6) is 5.75 Å². The van der Waals surface area contributed by atoms with E-state index in [1.165, 1.54) is 11.1 Å². The van der Waals surface area contributed by atoms with Gasteiger partial charge in [-0.1, -0.05) is 51.1 Å². The molecule has 154 valence electrons. The largest absolute Gasteiger partial charge is 0.497 e. The van der Waals surface area contributed by atoms with Crippen molar-refractivity contribution >= 4 is 17.2 Å². The van der Waals surface area contributed by atoms with Crippen LogP contribution in [-0.2, 0) is 18.3 Å². The molecular formula is C26H29N3O. The number of rotatable bonds is 6. The van der Waals surface area contributed by atoms with Gasteiger partial charge in [0.1, 0.15) is 17.2 Å². The maximum absolute atomic E-state index is 5.27. The van der Waals surface area contributed by atoms with Gasteiger partial charge in [0.25, 0.3) is 0 Å². The molecule has 4 heteroatoms. The van der Waals surface area contributed by atoms with Gasteiger partial charge in [0.2, 0.25) is 0 Å². The summed E-state index contributed by atoms with van der Waals surface area (Å²) in [7, 11) is 1.68. The second-order valence-electron chi connectivity index (χ2n) is 8.64. The van der Waals surface area contributed by atoms with Crippen LogP contribution in [0.2, 0.25) is 0 Å². The van der Waals surface area contributed by atoms with E-state index in [1.54, 1.807) is 7.11 Å². The highest BCUT2D eigenvalue weighted by atomic mass is 16.5. The number of hydrogen-bond acceptors (Lipinski definition) is 3. The Hall–Kier alpha value is -3.27. The molecule has 0 radical (unpaired) electrons. The Labute approximate surface area is 178 Å². The standard InChI is InChI=1S/C26H29N3O/c1-26(2,3)20-11-8-19(9-12-20)10-17-23-25(29-18-6-5-7-24(29)28-23)27-21-13-15-22(30-4)16-14-21/h5-9,11-16,18,27H,10,17H2,1-4H3. The van der Waals surface area contributed by atoms with Crippen molar-refractivity contribution in [3.63, 3.8) is 0 Å². The van der Waals surface area contributed by atoms with Crippen molar-refractivity contribution in [2.45, 2.75) is 39.0 Å². The molecule has 0 amide bonds. The lowest BCUT2D eigenvalue weighted by molar-refractivity contribution is 0.415. The minimum atomic E-state index is 0.176. The SMILES string of the molecule is COc1ccc(Nc2c(CCc3ccc(C(C)(C)C)cc3)nc3ccccn23)cc1. The first-order chi connectivity index (χ1) is 14.4. The van der Waals surface area contributed by atoms with E-state index < -0.39 is 0 Å². The molecule has 0 spiro atoms. The van der Waals surface area contributed by atoms with E-state index in [2.05, 4.69) is 61.0 Å². The van der Waals surface area contributed by atoms with Crippen LogP contribution in [0.25, 0.3) is 5.65 Å². The van der Waals surface area contributed by atoms with Gasteiger partial charge in [-0.3, -0.25) is 4.40 Å². The summed E-state index contributed by atoms with van der Waals surface area (Å²) in [6, 6.07) is 23.0. The predicted octanol–water partition coefficient (Wildman–Crippen LogP) is 6.17. The quantitative estimate of drug-likeness (QED) is 0.421. The topological polar surface area (TPSA) is 38.6 Å². The Morgan fingerprint density at radius 3 is 2.30 bits per heavy atom. The third-order valence-corrected chi connectivity index (χ3v) is 5.43. The number of imidazole rings is 1. The highest BCUT2D eigenvalue weighted by Crippen LogP contribution is 2.26. The smallest absolute Gasteiger partial charge is 0.138 e. The number of anilines is 2. The van der Waals surface area contributed by atoms with Crippen LogP contribution in [0.1, 0.15) is 37.6 Å². The third kappa shape index (κ3) is 4.33. The van der Waals surface area contributed by atoms with Crippen LogP contribution in [-0.4, -0.2) is 16.5 Å². The number of nitrogens with zero attached hydrogens (tertiary/aromatic N) is 2. The molecule has 4 nitrogen and oxygen atoms in total. The average Bonchev–Trinajstić information content (AvgIpc) is 3.10. The first-order valence-corrected chi connectivity index (χ1v) is 10.4. The predicted molar refractivity (Wildman–Crippen MR) is 124 cm³/mol. The van der Waals surface area contributed by atoms with Gasteiger partial charge in [-0.2, -0.15) is 0 Å². The number of hydrogen-bond donors (Lipinski definition) is 1. The summed E-state index contributed by atoms with van der Waals surface area (Å²) in [5.41, 5.74) is 5.90. The lowest BCUT2D eigenvalue weighted by Crippen LogP contribution is -2.10. The van der Waals surface area contributed by atoms with Crippen molar-refractivity contribution in [1.82, 2.24) is 9.38 Å². The zero-order valence-electron chi connectivity index (χ0n) is 18.1. The van der Waals surface area contributed by atoms with Crippen LogP contribution in [0.3, 0.4) is 0 Å². The van der Waals surface area contributed by atoms with Crippen LogP contribution in [0, 0.1) is 0 Å². The molecule has 0 aliphatic heterocycles. The monoisotopic (exact) mass is 399 g/mol. The Balaban J connectivity index is 1.58. The molecule has 0 unspecified atom stereocenters. The molecule has 30 heavy (non-hydrogen) atoms. The van der Waals surface area contributed by atoms with Gasteiger partial charge in [-0.25, -0.2) is 4.98 Å². The van der Waals surface area contributed by atoms with Crippen molar-refractivity contribution < 1.29 is 4.74 Å². The van der Waals surface area contributed by atoms with E-state index >= 15 is 0 Å². The van der Waals surface area contributed by atoms with Gasteiger partial charge in [0, 0.05) is 11.9 Å². The lowest BCUT2D eigenvalue weighted by Gasteiger charge is -2.19. The molecule has 0 aliphatic rings. The highest BCUT2D eigenvalue weighted by molar-refractivity contribution is 5.64. The van der Waals surface area contributed by atoms with Gasteiger partial charge in [0.05, 0.1) is 12.8 Å². The van der Waals surface area contributed by atoms with Gasteiger partial charge in [-0.15, -0.1) is 0 Å². The third-order valence-electron chi connectivity index (χ3n) is 5.43. The van der Waals surface area contributed by atoms with Crippen LogP contribution < -0.4 is 10.1 Å². The normalized spacial score (nSPS) is 11.6. The van der Waals surface area contributed by atoms with E-state index in [1.807, 2.05) is 42.5 Å². The molecule has 0 fully saturated rings. The molecule has 2 aromatic heterocycles. The van der Waals surface area contributed by atoms with Gasteiger partial charge >= 0.3 is 0 Å². The molecule has 0 atom stereocenters. The zero-order valence-corrected chi connectivity index (χ0v) is 18.1. The van der Waals surface area contributed by atoms with Crippen molar-refractivity contribution in [2.75, 3.05) is 12.4 Å². The molecule has 2 heterocycles. The molecule has 0 aliphatic carbocycles.